The minimum absolute atomic E-state index is 0.348. The topological polar surface area (TPSA) is 4.93 Å². The summed E-state index contributed by atoms with van der Waals surface area (Å²) < 4.78 is 2.33. The quantitative estimate of drug-likeness (QED) is 0.270. The largest absolute Gasteiger partial charge is 0.344 e. The summed E-state index contributed by atoms with van der Waals surface area (Å²) in [7, 11) is 2.18. The van der Waals surface area contributed by atoms with Crippen LogP contribution in [0.15, 0.2) is 121 Å². The molecule has 0 radical (unpaired) electrons. The molecule has 1 aliphatic rings. The van der Waals surface area contributed by atoms with Crippen LogP contribution in [0.2, 0.25) is 0 Å². The maximum atomic E-state index is 2.47. The summed E-state index contributed by atoms with van der Waals surface area (Å²) in [4.78, 5) is 0. The molecule has 0 atom stereocenters. The van der Waals surface area contributed by atoms with Gasteiger partial charge in [0.05, 0.1) is 5.41 Å². The molecule has 0 bridgehead atoms. The molecule has 0 amide bonds. The van der Waals surface area contributed by atoms with Gasteiger partial charge >= 0.3 is 0 Å². The molecule has 6 aromatic rings. The third-order valence-corrected chi connectivity index (χ3v) is 7.49. The van der Waals surface area contributed by atoms with Crippen LogP contribution in [0, 0.1) is 0 Å². The Morgan fingerprint density at radius 3 is 1.82 bits per heavy atom. The monoisotopic (exact) mass is 421 g/mol. The molecular formula is C32H23N. The van der Waals surface area contributed by atoms with Gasteiger partial charge in [0.2, 0.25) is 0 Å². The van der Waals surface area contributed by atoms with Crippen LogP contribution in [0.5, 0.6) is 0 Å². The molecule has 0 unspecified atom stereocenters. The van der Waals surface area contributed by atoms with E-state index in [-0.39, 0.29) is 5.41 Å². The van der Waals surface area contributed by atoms with Crippen LogP contribution < -0.4 is 0 Å². The smallest absolute Gasteiger partial charge is 0.0713 e. The molecule has 1 aromatic heterocycles. The summed E-state index contributed by atoms with van der Waals surface area (Å²) in [6.07, 6.45) is 0. The number of nitrogens with zero attached hydrogens (tertiary/aromatic N) is 1. The average Bonchev–Trinajstić information content (AvgIpc) is 3.34. The lowest BCUT2D eigenvalue weighted by Gasteiger charge is -2.33. The van der Waals surface area contributed by atoms with Crippen molar-refractivity contribution in [3.8, 4) is 11.1 Å². The van der Waals surface area contributed by atoms with Crippen LogP contribution in [-0.2, 0) is 12.5 Å². The maximum Gasteiger partial charge on any atom is 0.0713 e. The summed E-state index contributed by atoms with van der Waals surface area (Å²) in [5, 5.41) is 2.62. The molecule has 1 heterocycles. The van der Waals surface area contributed by atoms with Crippen molar-refractivity contribution >= 4 is 21.8 Å². The van der Waals surface area contributed by atoms with Crippen LogP contribution >= 0.6 is 0 Å². The van der Waals surface area contributed by atoms with Crippen molar-refractivity contribution in [1.82, 2.24) is 4.57 Å². The maximum absolute atomic E-state index is 2.47. The van der Waals surface area contributed by atoms with Gasteiger partial charge < -0.3 is 4.57 Å². The van der Waals surface area contributed by atoms with Crippen molar-refractivity contribution in [2.24, 2.45) is 7.05 Å². The third-order valence-electron chi connectivity index (χ3n) is 7.49. The number of hydrogen-bond acceptors (Lipinski definition) is 0. The Morgan fingerprint density at radius 1 is 0.485 bits per heavy atom. The molecule has 0 N–H and O–H groups in total. The van der Waals surface area contributed by atoms with Gasteiger partial charge in [-0.05, 0) is 51.6 Å². The summed E-state index contributed by atoms with van der Waals surface area (Å²) in [5.41, 5.74) is 10.2. The van der Waals surface area contributed by atoms with Crippen molar-refractivity contribution in [1.29, 1.82) is 0 Å². The second-order valence-electron chi connectivity index (χ2n) is 9.02. The first kappa shape index (κ1) is 18.5. The Labute approximate surface area is 193 Å². The molecule has 1 heteroatoms. The Morgan fingerprint density at radius 2 is 1.09 bits per heavy atom. The van der Waals surface area contributed by atoms with Gasteiger partial charge in [0, 0.05) is 28.9 Å². The van der Waals surface area contributed by atoms with E-state index in [0.717, 1.165) is 0 Å². The average molecular weight is 422 g/mol. The normalized spacial score (nSPS) is 13.8. The predicted octanol–water partition coefficient (Wildman–Crippen LogP) is 7.69. The fraction of sp³-hybridized carbons (Fsp3) is 0.0625. The van der Waals surface area contributed by atoms with Gasteiger partial charge in [0.25, 0.3) is 0 Å². The van der Waals surface area contributed by atoms with E-state index in [0.29, 0.717) is 0 Å². The highest BCUT2D eigenvalue weighted by Crippen LogP contribution is 2.57. The Balaban J connectivity index is 1.71. The minimum atomic E-state index is -0.348. The van der Waals surface area contributed by atoms with Crippen LogP contribution in [0.1, 0.15) is 22.3 Å². The van der Waals surface area contributed by atoms with E-state index in [1.165, 1.54) is 55.2 Å². The van der Waals surface area contributed by atoms with E-state index < -0.39 is 0 Å². The van der Waals surface area contributed by atoms with E-state index in [4.69, 9.17) is 0 Å². The second kappa shape index (κ2) is 6.70. The highest BCUT2D eigenvalue weighted by molar-refractivity contribution is 6.10. The van der Waals surface area contributed by atoms with Crippen LogP contribution in [0.4, 0.5) is 0 Å². The standard InChI is InChI=1S/C32H23N/c1-33-30-19-11-9-17-25(30)27-20-29-26(21-31(27)33)24-16-8-10-18-28(24)32(29,22-12-4-2-5-13-22)23-14-6-3-7-15-23/h2-21H,1H3. The lowest BCUT2D eigenvalue weighted by atomic mass is 9.67. The SMILES string of the molecule is Cn1c2ccccc2c2cc3c(cc21)-c1ccccc1C3(c1ccccc1)c1ccccc1. The molecule has 1 nitrogen and oxygen atoms in total. The first-order chi connectivity index (χ1) is 16.3. The zero-order chi connectivity index (χ0) is 22.0. The van der Waals surface area contributed by atoms with Gasteiger partial charge in [-0.1, -0.05) is 103 Å². The number of rotatable bonds is 2. The lowest BCUT2D eigenvalue weighted by Crippen LogP contribution is -2.28. The third kappa shape index (κ3) is 2.32. The molecule has 33 heavy (non-hydrogen) atoms. The zero-order valence-corrected chi connectivity index (χ0v) is 18.5. The second-order valence-corrected chi connectivity index (χ2v) is 9.02. The molecule has 1 aliphatic carbocycles. The molecule has 0 saturated heterocycles. The first-order valence-corrected chi connectivity index (χ1v) is 11.5. The zero-order valence-electron chi connectivity index (χ0n) is 18.5. The van der Waals surface area contributed by atoms with Gasteiger partial charge in [-0.3, -0.25) is 0 Å². The highest BCUT2D eigenvalue weighted by atomic mass is 14.9. The number of fused-ring (bicyclic) bond motifs is 6. The fourth-order valence-corrected chi connectivity index (χ4v) is 6.09. The minimum Gasteiger partial charge on any atom is -0.344 e. The van der Waals surface area contributed by atoms with Crippen molar-refractivity contribution in [2.45, 2.75) is 5.41 Å². The van der Waals surface area contributed by atoms with Crippen LogP contribution in [0.25, 0.3) is 32.9 Å². The van der Waals surface area contributed by atoms with Gasteiger partial charge in [-0.15, -0.1) is 0 Å². The van der Waals surface area contributed by atoms with Crippen molar-refractivity contribution in [3.05, 3.63) is 144 Å². The van der Waals surface area contributed by atoms with Crippen LogP contribution in [0.3, 0.4) is 0 Å². The Bertz CT molecular complexity index is 1620. The van der Waals surface area contributed by atoms with E-state index in [1.807, 2.05) is 0 Å². The Hall–Kier alpha value is -4.10. The van der Waals surface area contributed by atoms with Crippen molar-refractivity contribution in [2.75, 3.05) is 0 Å². The van der Waals surface area contributed by atoms with E-state index >= 15 is 0 Å². The lowest BCUT2D eigenvalue weighted by molar-refractivity contribution is 0.769. The predicted molar refractivity (Wildman–Crippen MR) is 138 cm³/mol. The number of aromatic nitrogens is 1. The fourth-order valence-electron chi connectivity index (χ4n) is 6.09. The van der Waals surface area contributed by atoms with E-state index in [9.17, 15) is 0 Å². The number of hydrogen-bond donors (Lipinski definition) is 0. The molecule has 0 saturated carbocycles. The Kier molecular flexibility index (Phi) is 3.75. The number of para-hydroxylation sites is 1. The van der Waals surface area contributed by atoms with Gasteiger partial charge in [-0.25, -0.2) is 0 Å². The molecule has 5 aromatic carbocycles. The van der Waals surface area contributed by atoms with Gasteiger partial charge in [0.1, 0.15) is 0 Å². The molecule has 0 aliphatic heterocycles. The molecular weight excluding hydrogens is 398 g/mol. The molecule has 0 fully saturated rings. The van der Waals surface area contributed by atoms with E-state index in [1.54, 1.807) is 0 Å². The summed E-state index contributed by atoms with van der Waals surface area (Å²) in [6.45, 7) is 0. The highest BCUT2D eigenvalue weighted by Gasteiger charge is 2.46. The molecule has 0 spiro atoms. The summed E-state index contributed by atoms with van der Waals surface area (Å²) in [5.74, 6) is 0. The van der Waals surface area contributed by atoms with Gasteiger partial charge in [0.15, 0.2) is 0 Å². The number of aryl methyl sites for hydroxylation is 1. The van der Waals surface area contributed by atoms with E-state index in [2.05, 4.69) is 133 Å². The van der Waals surface area contributed by atoms with Gasteiger partial charge in [-0.2, -0.15) is 0 Å². The first-order valence-electron chi connectivity index (χ1n) is 11.5. The summed E-state index contributed by atoms with van der Waals surface area (Å²) in [6, 6.07) is 44.6. The number of benzene rings is 5. The molecule has 7 rings (SSSR count). The van der Waals surface area contributed by atoms with Crippen molar-refractivity contribution in [3.63, 3.8) is 0 Å². The summed E-state index contributed by atoms with van der Waals surface area (Å²) >= 11 is 0. The van der Waals surface area contributed by atoms with Crippen molar-refractivity contribution < 1.29 is 0 Å². The molecule has 156 valence electrons. The van der Waals surface area contributed by atoms with Crippen LogP contribution in [-0.4, -0.2) is 4.57 Å².